The molecule has 0 rings (SSSR count). The van der Waals surface area contributed by atoms with Crippen LogP contribution in [0.2, 0.25) is 0 Å². The first kappa shape index (κ1) is 19.7. The molecule has 1 amide bonds. The summed E-state index contributed by atoms with van der Waals surface area (Å²) >= 11 is 0. The Labute approximate surface area is 130 Å². The number of ether oxygens (including phenoxy) is 3. The van der Waals surface area contributed by atoms with Crippen LogP contribution in [0.15, 0.2) is 25.3 Å². The van der Waals surface area contributed by atoms with Gasteiger partial charge in [-0.3, -0.25) is 0 Å². The zero-order chi connectivity index (χ0) is 17.3. The summed E-state index contributed by atoms with van der Waals surface area (Å²) in [5.74, 6) is -1.49. The molecule has 0 unspecified atom stereocenters. The maximum absolute atomic E-state index is 12.0. The summed E-state index contributed by atoms with van der Waals surface area (Å²) in [6.45, 7) is 13.1. The molecular formula is C15H23NO6. The lowest BCUT2D eigenvalue weighted by Gasteiger charge is -2.25. The highest BCUT2D eigenvalue weighted by atomic mass is 16.6. The van der Waals surface area contributed by atoms with Gasteiger partial charge in [0, 0.05) is 6.08 Å². The Hall–Kier alpha value is -2.31. The predicted molar refractivity (Wildman–Crippen MR) is 80.1 cm³/mol. The van der Waals surface area contributed by atoms with Crippen molar-refractivity contribution >= 4 is 18.0 Å². The SMILES string of the molecule is C=CCOC(=O)[C@@H](NC(=O)OC(C)(C)C)[C@@H](C)OC(=O)C=C. The van der Waals surface area contributed by atoms with E-state index >= 15 is 0 Å². The molecule has 1 N–H and O–H groups in total. The van der Waals surface area contributed by atoms with E-state index in [0.717, 1.165) is 6.08 Å². The fourth-order valence-electron chi connectivity index (χ4n) is 1.33. The third-order valence-corrected chi connectivity index (χ3v) is 2.21. The van der Waals surface area contributed by atoms with Crippen LogP contribution in [0.5, 0.6) is 0 Å². The smallest absolute Gasteiger partial charge is 0.408 e. The van der Waals surface area contributed by atoms with Crippen LogP contribution in [0.4, 0.5) is 4.79 Å². The van der Waals surface area contributed by atoms with E-state index in [-0.39, 0.29) is 6.61 Å². The summed E-state index contributed by atoms with van der Waals surface area (Å²) in [5.41, 5.74) is -0.735. The molecule has 2 atom stereocenters. The topological polar surface area (TPSA) is 90.9 Å². The summed E-state index contributed by atoms with van der Waals surface area (Å²) < 4.78 is 14.9. The standard InChI is InChI=1S/C15H23NO6/c1-7-9-20-13(18)12(10(3)21-11(17)8-2)16-14(19)22-15(4,5)6/h7-8,10,12H,1-2,9H2,3-6H3,(H,16,19)/t10-,12+/m1/s1. The Bertz CT molecular complexity index is 438. The molecule has 0 heterocycles. The van der Waals surface area contributed by atoms with Crippen molar-refractivity contribution in [3.63, 3.8) is 0 Å². The number of amides is 1. The monoisotopic (exact) mass is 313 g/mol. The van der Waals surface area contributed by atoms with Gasteiger partial charge in [-0.1, -0.05) is 19.2 Å². The molecule has 0 saturated carbocycles. The van der Waals surface area contributed by atoms with E-state index in [2.05, 4.69) is 18.5 Å². The van der Waals surface area contributed by atoms with E-state index in [4.69, 9.17) is 14.2 Å². The molecule has 0 fully saturated rings. The number of alkyl carbamates (subject to hydrolysis) is 1. The first-order chi connectivity index (χ1) is 10.1. The van der Waals surface area contributed by atoms with Crippen LogP contribution in [0, 0.1) is 0 Å². The predicted octanol–water partition coefficient (Wildman–Crippen LogP) is 1.73. The number of rotatable bonds is 7. The maximum Gasteiger partial charge on any atom is 0.408 e. The molecule has 0 spiro atoms. The van der Waals surface area contributed by atoms with Gasteiger partial charge in [-0.15, -0.1) is 0 Å². The molecular weight excluding hydrogens is 290 g/mol. The molecule has 22 heavy (non-hydrogen) atoms. The number of hydrogen-bond donors (Lipinski definition) is 1. The molecule has 0 bridgehead atoms. The second-order valence-corrected chi connectivity index (χ2v) is 5.39. The average molecular weight is 313 g/mol. The first-order valence-corrected chi connectivity index (χ1v) is 6.70. The third-order valence-electron chi connectivity index (χ3n) is 2.21. The average Bonchev–Trinajstić information content (AvgIpc) is 2.39. The van der Waals surface area contributed by atoms with Crippen LogP contribution >= 0.6 is 0 Å². The zero-order valence-corrected chi connectivity index (χ0v) is 13.4. The van der Waals surface area contributed by atoms with Gasteiger partial charge in [0.25, 0.3) is 0 Å². The molecule has 0 aliphatic rings. The number of carbonyl (C=O) groups is 3. The van der Waals surface area contributed by atoms with Gasteiger partial charge < -0.3 is 19.5 Å². The fraction of sp³-hybridized carbons (Fsp3) is 0.533. The molecule has 0 saturated heterocycles. The van der Waals surface area contributed by atoms with Gasteiger partial charge in [-0.05, 0) is 27.7 Å². The lowest BCUT2D eigenvalue weighted by molar-refractivity contribution is -0.153. The van der Waals surface area contributed by atoms with Crippen LogP contribution in [-0.4, -0.2) is 42.4 Å². The van der Waals surface area contributed by atoms with E-state index < -0.39 is 35.8 Å². The summed E-state index contributed by atoms with van der Waals surface area (Å²) in [7, 11) is 0. The second-order valence-electron chi connectivity index (χ2n) is 5.39. The Morgan fingerprint density at radius 1 is 1.23 bits per heavy atom. The molecule has 7 nitrogen and oxygen atoms in total. The summed E-state index contributed by atoms with van der Waals surface area (Å²) in [6, 6.07) is -1.21. The number of hydrogen-bond acceptors (Lipinski definition) is 6. The van der Waals surface area contributed by atoms with E-state index in [1.54, 1.807) is 20.8 Å². The number of nitrogens with one attached hydrogen (secondary N) is 1. The van der Waals surface area contributed by atoms with Gasteiger partial charge in [-0.2, -0.15) is 0 Å². The van der Waals surface area contributed by atoms with E-state index in [1.807, 2.05) is 0 Å². The molecule has 0 aliphatic carbocycles. The Kier molecular flexibility index (Phi) is 7.93. The molecule has 124 valence electrons. The molecule has 0 aromatic heterocycles. The van der Waals surface area contributed by atoms with Crippen LogP contribution in [0.25, 0.3) is 0 Å². The normalized spacial score (nSPS) is 13.3. The summed E-state index contributed by atoms with van der Waals surface area (Å²) in [6.07, 6.45) is 0.545. The lowest BCUT2D eigenvalue weighted by atomic mass is 10.2. The van der Waals surface area contributed by atoms with Gasteiger partial charge in [0.15, 0.2) is 6.04 Å². The zero-order valence-electron chi connectivity index (χ0n) is 13.4. The highest BCUT2D eigenvalue weighted by molar-refractivity contribution is 5.84. The van der Waals surface area contributed by atoms with Crippen LogP contribution in [0.3, 0.4) is 0 Å². The Balaban J connectivity index is 4.95. The minimum absolute atomic E-state index is 0.0343. The fourth-order valence-corrected chi connectivity index (χ4v) is 1.33. The van der Waals surface area contributed by atoms with Crippen molar-refractivity contribution in [2.24, 2.45) is 0 Å². The van der Waals surface area contributed by atoms with Crippen LogP contribution in [0.1, 0.15) is 27.7 Å². The van der Waals surface area contributed by atoms with Crippen LogP contribution < -0.4 is 5.32 Å². The molecule has 0 aromatic carbocycles. The van der Waals surface area contributed by atoms with Crippen molar-refractivity contribution < 1.29 is 28.6 Å². The molecule has 0 aromatic rings. The third kappa shape index (κ3) is 8.08. The Morgan fingerprint density at radius 2 is 1.82 bits per heavy atom. The largest absolute Gasteiger partial charge is 0.460 e. The lowest BCUT2D eigenvalue weighted by Crippen LogP contribution is -2.51. The van der Waals surface area contributed by atoms with Gasteiger partial charge in [0.05, 0.1) is 0 Å². The van der Waals surface area contributed by atoms with Gasteiger partial charge in [0.1, 0.15) is 18.3 Å². The summed E-state index contributed by atoms with van der Waals surface area (Å²) in [5, 5.41) is 2.33. The second kappa shape index (κ2) is 8.86. The van der Waals surface area contributed by atoms with Crippen molar-refractivity contribution in [1.82, 2.24) is 5.32 Å². The highest BCUT2D eigenvalue weighted by Gasteiger charge is 2.32. The van der Waals surface area contributed by atoms with Gasteiger partial charge in [-0.25, -0.2) is 14.4 Å². The maximum atomic E-state index is 12.0. The minimum Gasteiger partial charge on any atom is -0.460 e. The van der Waals surface area contributed by atoms with Crippen molar-refractivity contribution in [3.8, 4) is 0 Å². The van der Waals surface area contributed by atoms with Crippen molar-refractivity contribution in [1.29, 1.82) is 0 Å². The first-order valence-electron chi connectivity index (χ1n) is 6.70. The molecule has 7 heteroatoms. The van der Waals surface area contributed by atoms with Crippen LogP contribution in [-0.2, 0) is 23.8 Å². The summed E-state index contributed by atoms with van der Waals surface area (Å²) in [4.78, 5) is 35.0. The van der Waals surface area contributed by atoms with Gasteiger partial charge in [0.2, 0.25) is 0 Å². The van der Waals surface area contributed by atoms with E-state index in [9.17, 15) is 14.4 Å². The highest BCUT2D eigenvalue weighted by Crippen LogP contribution is 2.09. The van der Waals surface area contributed by atoms with Crippen molar-refractivity contribution in [2.45, 2.75) is 45.4 Å². The van der Waals surface area contributed by atoms with E-state index in [0.29, 0.717) is 0 Å². The van der Waals surface area contributed by atoms with Gasteiger partial charge >= 0.3 is 18.0 Å². The molecule has 0 aliphatic heterocycles. The van der Waals surface area contributed by atoms with Crippen molar-refractivity contribution in [3.05, 3.63) is 25.3 Å². The number of esters is 2. The molecule has 0 radical (unpaired) electrons. The minimum atomic E-state index is -1.21. The van der Waals surface area contributed by atoms with E-state index in [1.165, 1.54) is 13.0 Å². The Morgan fingerprint density at radius 3 is 2.27 bits per heavy atom. The van der Waals surface area contributed by atoms with Crippen molar-refractivity contribution in [2.75, 3.05) is 6.61 Å². The quantitative estimate of drug-likeness (QED) is 0.333. The number of carbonyl (C=O) groups excluding carboxylic acids is 3.